The van der Waals surface area contributed by atoms with Crippen LogP contribution < -0.4 is 14.8 Å². The molecule has 1 aliphatic heterocycles. The van der Waals surface area contributed by atoms with Crippen molar-refractivity contribution in [2.24, 2.45) is 5.92 Å². The molecule has 1 N–H and O–H groups in total. The smallest absolute Gasteiger partial charge is 0.175 e. The summed E-state index contributed by atoms with van der Waals surface area (Å²) in [5, 5.41) is 3.65. The van der Waals surface area contributed by atoms with Crippen molar-refractivity contribution < 1.29 is 9.47 Å². The summed E-state index contributed by atoms with van der Waals surface area (Å²) in [7, 11) is 0. The van der Waals surface area contributed by atoms with E-state index in [4.69, 9.17) is 9.47 Å². The minimum atomic E-state index is 0.628. The quantitative estimate of drug-likeness (QED) is 0.922. The summed E-state index contributed by atoms with van der Waals surface area (Å²) >= 11 is 3.56. The van der Waals surface area contributed by atoms with E-state index < -0.39 is 0 Å². The van der Waals surface area contributed by atoms with E-state index in [1.807, 2.05) is 0 Å². The van der Waals surface area contributed by atoms with Crippen molar-refractivity contribution in [3.8, 4) is 11.5 Å². The van der Waals surface area contributed by atoms with Gasteiger partial charge < -0.3 is 14.8 Å². The fourth-order valence-corrected chi connectivity index (χ4v) is 3.52. The zero-order chi connectivity index (χ0) is 13.2. The molecule has 1 aliphatic carbocycles. The first-order valence-electron chi connectivity index (χ1n) is 7.04. The standard InChI is InChI=1S/C15H20BrNO2/c1-10-2-3-12(6-10)17-9-11-7-13(16)15-14(8-11)18-4-5-19-15/h7-8,10,12,17H,2-6,9H2,1H3. The van der Waals surface area contributed by atoms with Gasteiger partial charge in [-0.25, -0.2) is 0 Å². The average molecular weight is 326 g/mol. The Hall–Kier alpha value is -0.740. The molecule has 19 heavy (non-hydrogen) atoms. The Morgan fingerprint density at radius 2 is 2.11 bits per heavy atom. The Balaban J connectivity index is 1.66. The van der Waals surface area contributed by atoms with Crippen molar-refractivity contribution >= 4 is 15.9 Å². The third kappa shape index (κ3) is 3.06. The number of hydrogen-bond acceptors (Lipinski definition) is 3. The number of halogens is 1. The zero-order valence-corrected chi connectivity index (χ0v) is 12.8. The lowest BCUT2D eigenvalue weighted by Gasteiger charge is -2.21. The van der Waals surface area contributed by atoms with E-state index in [1.165, 1.54) is 24.8 Å². The molecule has 3 rings (SSSR count). The summed E-state index contributed by atoms with van der Waals surface area (Å²) in [5.74, 6) is 2.56. The van der Waals surface area contributed by atoms with Gasteiger partial charge in [-0.3, -0.25) is 0 Å². The van der Waals surface area contributed by atoms with Gasteiger partial charge in [0.25, 0.3) is 0 Å². The molecular weight excluding hydrogens is 306 g/mol. The van der Waals surface area contributed by atoms with Crippen LogP contribution >= 0.6 is 15.9 Å². The summed E-state index contributed by atoms with van der Waals surface area (Å²) in [6.45, 7) is 4.49. The predicted octanol–water partition coefficient (Wildman–Crippen LogP) is 3.50. The average Bonchev–Trinajstić information content (AvgIpc) is 2.82. The molecule has 0 spiro atoms. The molecule has 0 radical (unpaired) electrons. The lowest BCUT2D eigenvalue weighted by atomic mass is 10.1. The minimum Gasteiger partial charge on any atom is -0.486 e. The Labute approximate surface area is 122 Å². The van der Waals surface area contributed by atoms with Crippen LogP contribution in [0.15, 0.2) is 16.6 Å². The molecule has 1 fully saturated rings. The van der Waals surface area contributed by atoms with Crippen LogP contribution in [0.4, 0.5) is 0 Å². The van der Waals surface area contributed by atoms with E-state index in [0.717, 1.165) is 28.4 Å². The SMILES string of the molecule is CC1CCC(NCc2cc(Br)c3c(c2)OCCO3)C1. The van der Waals surface area contributed by atoms with Crippen LogP contribution in [0, 0.1) is 5.92 Å². The van der Waals surface area contributed by atoms with Crippen LogP contribution in [0.5, 0.6) is 11.5 Å². The highest BCUT2D eigenvalue weighted by Gasteiger charge is 2.21. The van der Waals surface area contributed by atoms with Gasteiger partial charge in [0.15, 0.2) is 11.5 Å². The normalized spacial score (nSPS) is 25.6. The van der Waals surface area contributed by atoms with E-state index in [0.29, 0.717) is 19.3 Å². The Kier molecular flexibility index (Phi) is 3.99. The molecule has 0 amide bonds. The van der Waals surface area contributed by atoms with Gasteiger partial charge in [-0.05, 0) is 58.8 Å². The number of hydrogen-bond donors (Lipinski definition) is 1. The van der Waals surface area contributed by atoms with E-state index in [-0.39, 0.29) is 0 Å². The van der Waals surface area contributed by atoms with Crippen molar-refractivity contribution in [2.75, 3.05) is 13.2 Å². The molecule has 3 nitrogen and oxygen atoms in total. The molecule has 1 saturated carbocycles. The molecule has 2 aliphatic rings. The molecule has 2 atom stereocenters. The molecule has 4 heteroatoms. The van der Waals surface area contributed by atoms with E-state index in [9.17, 15) is 0 Å². The molecule has 0 aromatic heterocycles. The number of benzene rings is 1. The summed E-state index contributed by atoms with van der Waals surface area (Å²) in [4.78, 5) is 0. The van der Waals surface area contributed by atoms with Crippen molar-refractivity contribution in [3.05, 3.63) is 22.2 Å². The highest BCUT2D eigenvalue weighted by molar-refractivity contribution is 9.10. The van der Waals surface area contributed by atoms with Crippen LogP contribution in [0.2, 0.25) is 0 Å². The molecule has 1 aromatic rings. The molecular formula is C15H20BrNO2. The summed E-state index contributed by atoms with van der Waals surface area (Å²) < 4.78 is 12.2. The Bertz CT molecular complexity index is 464. The second kappa shape index (κ2) is 5.71. The summed E-state index contributed by atoms with van der Waals surface area (Å²) in [5.41, 5.74) is 1.25. The highest BCUT2D eigenvalue weighted by atomic mass is 79.9. The van der Waals surface area contributed by atoms with Crippen molar-refractivity contribution in [2.45, 2.75) is 38.8 Å². The van der Waals surface area contributed by atoms with Crippen LogP contribution in [0.3, 0.4) is 0 Å². The second-order valence-electron chi connectivity index (χ2n) is 5.60. The monoisotopic (exact) mass is 325 g/mol. The maximum Gasteiger partial charge on any atom is 0.175 e. The fourth-order valence-electron chi connectivity index (χ4n) is 2.92. The van der Waals surface area contributed by atoms with Crippen LogP contribution in [0.1, 0.15) is 31.7 Å². The largest absolute Gasteiger partial charge is 0.486 e. The van der Waals surface area contributed by atoms with Gasteiger partial charge in [0.1, 0.15) is 13.2 Å². The van der Waals surface area contributed by atoms with Gasteiger partial charge >= 0.3 is 0 Å². The van der Waals surface area contributed by atoms with Gasteiger partial charge in [-0.15, -0.1) is 0 Å². The molecule has 2 unspecified atom stereocenters. The molecule has 1 heterocycles. The molecule has 104 valence electrons. The van der Waals surface area contributed by atoms with Gasteiger partial charge in [0.05, 0.1) is 4.47 Å². The number of fused-ring (bicyclic) bond motifs is 1. The van der Waals surface area contributed by atoms with E-state index in [2.05, 4.69) is 40.3 Å². The van der Waals surface area contributed by atoms with Gasteiger partial charge in [0.2, 0.25) is 0 Å². The maximum absolute atomic E-state index is 5.65. The van der Waals surface area contributed by atoms with Gasteiger partial charge in [0, 0.05) is 12.6 Å². The number of ether oxygens (including phenoxy) is 2. The maximum atomic E-state index is 5.65. The van der Waals surface area contributed by atoms with Crippen molar-refractivity contribution in [3.63, 3.8) is 0 Å². The second-order valence-corrected chi connectivity index (χ2v) is 6.45. The predicted molar refractivity (Wildman–Crippen MR) is 78.8 cm³/mol. The van der Waals surface area contributed by atoms with Crippen LogP contribution in [0.25, 0.3) is 0 Å². The molecule has 0 saturated heterocycles. The van der Waals surface area contributed by atoms with Crippen molar-refractivity contribution in [1.82, 2.24) is 5.32 Å². The number of rotatable bonds is 3. The fraction of sp³-hybridized carbons (Fsp3) is 0.600. The van der Waals surface area contributed by atoms with E-state index >= 15 is 0 Å². The highest BCUT2D eigenvalue weighted by Crippen LogP contribution is 2.38. The van der Waals surface area contributed by atoms with Crippen molar-refractivity contribution in [1.29, 1.82) is 0 Å². The van der Waals surface area contributed by atoms with Crippen LogP contribution in [-0.2, 0) is 6.54 Å². The Morgan fingerprint density at radius 3 is 2.89 bits per heavy atom. The van der Waals surface area contributed by atoms with E-state index in [1.54, 1.807) is 0 Å². The number of nitrogens with one attached hydrogen (secondary N) is 1. The zero-order valence-electron chi connectivity index (χ0n) is 11.2. The summed E-state index contributed by atoms with van der Waals surface area (Å²) in [6.07, 6.45) is 3.95. The first-order valence-corrected chi connectivity index (χ1v) is 7.83. The lowest BCUT2D eigenvalue weighted by molar-refractivity contribution is 0.170. The summed E-state index contributed by atoms with van der Waals surface area (Å²) in [6, 6.07) is 4.88. The third-order valence-electron chi connectivity index (χ3n) is 3.95. The molecule has 0 bridgehead atoms. The third-order valence-corrected chi connectivity index (χ3v) is 4.54. The topological polar surface area (TPSA) is 30.5 Å². The Morgan fingerprint density at radius 1 is 1.26 bits per heavy atom. The van der Waals surface area contributed by atoms with Gasteiger partial charge in [-0.2, -0.15) is 0 Å². The first kappa shape index (κ1) is 13.3. The lowest BCUT2D eigenvalue weighted by Crippen LogP contribution is -2.26. The minimum absolute atomic E-state index is 0.628. The van der Waals surface area contributed by atoms with Crippen LogP contribution in [-0.4, -0.2) is 19.3 Å². The molecule has 1 aromatic carbocycles. The first-order chi connectivity index (χ1) is 9.22. The van der Waals surface area contributed by atoms with Gasteiger partial charge in [-0.1, -0.05) is 6.92 Å².